The number of halogens is 2. The first-order valence-electron chi connectivity index (χ1n) is 6.92. The van der Waals surface area contributed by atoms with Gasteiger partial charge in [0.05, 0.1) is 0 Å². The molecule has 0 saturated heterocycles. The van der Waals surface area contributed by atoms with E-state index in [0.717, 1.165) is 5.56 Å². The second-order valence-electron chi connectivity index (χ2n) is 5.22. The molecule has 0 heterocycles. The standard InChI is InChI=1S/C17H16Cl2N2O2/c1-9-6-7-11(10(2)22)14(8-9)21-16(17(20)23)15-12(18)4-3-5-13(15)19/h3-8,16,21H,1-2H3,(H2,20,23)/t16-/m0/s1. The fourth-order valence-corrected chi connectivity index (χ4v) is 2.93. The monoisotopic (exact) mass is 350 g/mol. The maximum atomic E-state index is 11.9. The number of amides is 1. The Balaban J connectivity index is 2.52. The first kappa shape index (κ1) is 17.3. The number of carbonyl (C=O) groups excluding carboxylic acids is 2. The molecular formula is C17H16Cl2N2O2. The van der Waals surface area contributed by atoms with Crippen molar-refractivity contribution in [3.8, 4) is 0 Å². The summed E-state index contributed by atoms with van der Waals surface area (Å²) in [7, 11) is 0. The minimum Gasteiger partial charge on any atom is -0.369 e. The normalized spacial score (nSPS) is 11.8. The van der Waals surface area contributed by atoms with Gasteiger partial charge in [-0.05, 0) is 43.7 Å². The molecule has 2 rings (SSSR count). The van der Waals surface area contributed by atoms with Crippen LogP contribution in [0.1, 0.15) is 34.5 Å². The fraction of sp³-hybridized carbons (Fsp3) is 0.176. The smallest absolute Gasteiger partial charge is 0.244 e. The molecule has 120 valence electrons. The van der Waals surface area contributed by atoms with E-state index < -0.39 is 11.9 Å². The zero-order valence-corrected chi connectivity index (χ0v) is 14.2. The highest BCUT2D eigenvalue weighted by Crippen LogP contribution is 2.33. The summed E-state index contributed by atoms with van der Waals surface area (Å²) < 4.78 is 0. The van der Waals surface area contributed by atoms with Gasteiger partial charge >= 0.3 is 0 Å². The Hall–Kier alpha value is -2.04. The van der Waals surface area contributed by atoms with Crippen LogP contribution >= 0.6 is 23.2 Å². The number of primary amides is 1. The van der Waals surface area contributed by atoms with Crippen LogP contribution in [-0.2, 0) is 4.79 Å². The van der Waals surface area contributed by atoms with E-state index in [-0.39, 0.29) is 5.78 Å². The van der Waals surface area contributed by atoms with Crippen molar-refractivity contribution in [2.45, 2.75) is 19.9 Å². The van der Waals surface area contributed by atoms with Gasteiger partial charge in [-0.25, -0.2) is 0 Å². The molecule has 1 atom stereocenters. The molecule has 0 aliphatic carbocycles. The Bertz CT molecular complexity index is 755. The Morgan fingerprint density at radius 3 is 2.26 bits per heavy atom. The first-order chi connectivity index (χ1) is 10.8. The second-order valence-corrected chi connectivity index (χ2v) is 6.03. The lowest BCUT2D eigenvalue weighted by Crippen LogP contribution is -2.29. The molecule has 3 N–H and O–H groups in total. The summed E-state index contributed by atoms with van der Waals surface area (Å²) in [6, 6.07) is 9.29. The van der Waals surface area contributed by atoms with E-state index >= 15 is 0 Å². The van der Waals surface area contributed by atoms with E-state index in [4.69, 9.17) is 28.9 Å². The van der Waals surface area contributed by atoms with Crippen LogP contribution in [0.4, 0.5) is 5.69 Å². The van der Waals surface area contributed by atoms with Gasteiger partial charge in [-0.3, -0.25) is 9.59 Å². The van der Waals surface area contributed by atoms with Crippen molar-refractivity contribution in [3.05, 3.63) is 63.1 Å². The van der Waals surface area contributed by atoms with Gasteiger partial charge in [0.25, 0.3) is 0 Å². The van der Waals surface area contributed by atoms with Crippen LogP contribution in [0.25, 0.3) is 0 Å². The van der Waals surface area contributed by atoms with Crippen molar-refractivity contribution in [3.63, 3.8) is 0 Å². The minimum atomic E-state index is -0.948. The molecule has 0 fully saturated rings. The van der Waals surface area contributed by atoms with Gasteiger partial charge in [0.1, 0.15) is 6.04 Å². The van der Waals surface area contributed by atoms with E-state index in [2.05, 4.69) is 5.32 Å². The van der Waals surface area contributed by atoms with Crippen LogP contribution in [-0.4, -0.2) is 11.7 Å². The Kier molecular flexibility index (Phi) is 5.29. The number of rotatable bonds is 5. The predicted octanol–water partition coefficient (Wildman–Crippen LogP) is 4.14. The molecule has 0 aliphatic heterocycles. The highest BCUT2D eigenvalue weighted by molar-refractivity contribution is 6.36. The maximum absolute atomic E-state index is 11.9. The van der Waals surface area contributed by atoms with E-state index in [0.29, 0.717) is 26.9 Å². The van der Waals surface area contributed by atoms with E-state index in [1.165, 1.54) is 6.92 Å². The van der Waals surface area contributed by atoms with Gasteiger partial charge in [0.15, 0.2) is 5.78 Å². The summed E-state index contributed by atoms with van der Waals surface area (Å²) in [5, 5.41) is 3.65. The largest absolute Gasteiger partial charge is 0.369 e. The number of hydrogen-bond donors (Lipinski definition) is 2. The average molecular weight is 351 g/mol. The molecule has 2 aromatic carbocycles. The third-order valence-electron chi connectivity index (χ3n) is 3.43. The molecule has 0 aliphatic rings. The minimum absolute atomic E-state index is 0.124. The number of ketones is 1. The molecule has 2 aromatic rings. The van der Waals surface area contributed by atoms with Gasteiger partial charge in [-0.2, -0.15) is 0 Å². The molecule has 23 heavy (non-hydrogen) atoms. The lowest BCUT2D eigenvalue weighted by molar-refractivity contribution is -0.118. The predicted molar refractivity (Wildman–Crippen MR) is 93.2 cm³/mol. The van der Waals surface area contributed by atoms with E-state index in [1.54, 1.807) is 30.3 Å². The summed E-state index contributed by atoms with van der Waals surface area (Å²) in [4.78, 5) is 23.7. The van der Waals surface area contributed by atoms with Crippen LogP contribution in [0.2, 0.25) is 10.0 Å². The second kappa shape index (κ2) is 7.02. The maximum Gasteiger partial charge on any atom is 0.244 e. The van der Waals surface area contributed by atoms with E-state index in [9.17, 15) is 9.59 Å². The number of nitrogens with one attached hydrogen (secondary N) is 1. The molecule has 0 spiro atoms. The SMILES string of the molecule is CC(=O)c1ccc(C)cc1N[C@H](C(N)=O)c1c(Cl)cccc1Cl. The fourth-order valence-electron chi connectivity index (χ4n) is 2.31. The molecule has 0 bridgehead atoms. The molecule has 0 aromatic heterocycles. The van der Waals surface area contributed by atoms with Crippen molar-refractivity contribution in [2.24, 2.45) is 5.73 Å². The highest BCUT2D eigenvalue weighted by Gasteiger charge is 2.24. The average Bonchev–Trinajstić information content (AvgIpc) is 2.45. The summed E-state index contributed by atoms with van der Waals surface area (Å²) in [5.74, 6) is -0.767. The molecule has 0 unspecified atom stereocenters. The van der Waals surface area contributed by atoms with Gasteiger partial charge in [-0.1, -0.05) is 35.3 Å². The van der Waals surface area contributed by atoms with Gasteiger partial charge in [0.2, 0.25) is 5.91 Å². The van der Waals surface area contributed by atoms with Gasteiger partial charge in [-0.15, -0.1) is 0 Å². The summed E-state index contributed by atoms with van der Waals surface area (Å²) in [6.45, 7) is 3.34. The van der Waals surface area contributed by atoms with Gasteiger partial charge < -0.3 is 11.1 Å². The number of benzene rings is 2. The zero-order chi connectivity index (χ0) is 17.1. The molecule has 0 saturated carbocycles. The van der Waals surface area contributed by atoms with Crippen LogP contribution in [0.5, 0.6) is 0 Å². The summed E-state index contributed by atoms with van der Waals surface area (Å²) in [5.41, 5.74) is 7.81. The highest BCUT2D eigenvalue weighted by atomic mass is 35.5. The van der Waals surface area contributed by atoms with Crippen molar-refractivity contribution in [2.75, 3.05) is 5.32 Å². The van der Waals surface area contributed by atoms with Crippen molar-refractivity contribution < 1.29 is 9.59 Å². The van der Waals surface area contributed by atoms with Crippen LogP contribution in [0, 0.1) is 6.92 Å². The molecule has 4 nitrogen and oxygen atoms in total. The zero-order valence-electron chi connectivity index (χ0n) is 12.7. The Morgan fingerprint density at radius 2 is 1.74 bits per heavy atom. The van der Waals surface area contributed by atoms with Crippen molar-refractivity contribution in [1.29, 1.82) is 0 Å². The number of hydrogen-bond acceptors (Lipinski definition) is 3. The molecule has 1 amide bonds. The summed E-state index contributed by atoms with van der Waals surface area (Å²) >= 11 is 12.3. The van der Waals surface area contributed by atoms with E-state index in [1.807, 2.05) is 13.0 Å². The molecule has 0 radical (unpaired) electrons. The Morgan fingerprint density at radius 1 is 1.13 bits per heavy atom. The van der Waals surface area contributed by atoms with Crippen LogP contribution in [0.3, 0.4) is 0 Å². The third kappa shape index (κ3) is 3.84. The number of aryl methyl sites for hydroxylation is 1. The van der Waals surface area contributed by atoms with Crippen molar-refractivity contribution in [1.82, 2.24) is 0 Å². The van der Waals surface area contributed by atoms with Gasteiger partial charge in [0, 0.05) is 26.9 Å². The van der Waals surface area contributed by atoms with Crippen LogP contribution < -0.4 is 11.1 Å². The topological polar surface area (TPSA) is 72.2 Å². The van der Waals surface area contributed by atoms with Crippen LogP contribution in [0.15, 0.2) is 36.4 Å². The third-order valence-corrected chi connectivity index (χ3v) is 4.09. The summed E-state index contributed by atoms with van der Waals surface area (Å²) in [6.07, 6.45) is 0. The number of carbonyl (C=O) groups is 2. The van der Waals surface area contributed by atoms with Crippen molar-refractivity contribution >= 4 is 40.6 Å². The molecule has 6 heteroatoms. The lowest BCUT2D eigenvalue weighted by Gasteiger charge is -2.21. The quantitative estimate of drug-likeness (QED) is 0.795. The number of anilines is 1. The number of Topliss-reactive ketones (excluding diaryl/α,β-unsaturated/α-hetero) is 1. The number of nitrogens with two attached hydrogens (primary N) is 1. The molecular weight excluding hydrogens is 335 g/mol. The lowest BCUT2D eigenvalue weighted by atomic mass is 10.0. The first-order valence-corrected chi connectivity index (χ1v) is 7.68. The Labute approximate surface area is 144 Å².